The van der Waals surface area contributed by atoms with Crippen LogP contribution in [0.1, 0.15) is 33.6 Å². The Morgan fingerprint density at radius 1 is 1.00 bits per heavy atom. The number of carbonyl (C=O) groups excluding carboxylic acids is 1. The molecule has 3 nitrogen and oxygen atoms in total. The second kappa shape index (κ2) is 8.53. The van der Waals surface area contributed by atoms with Crippen molar-refractivity contribution in [3.05, 3.63) is 60.7 Å². The van der Waals surface area contributed by atoms with Crippen molar-refractivity contribution in [2.24, 2.45) is 11.8 Å². The van der Waals surface area contributed by atoms with E-state index in [4.69, 9.17) is 9.16 Å². The van der Waals surface area contributed by atoms with Gasteiger partial charge in [0.15, 0.2) is 0 Å². The maximum atomic E-state index is 12.1. The Bertz CT molecular complexity index is 915. The predicted octanol–water partition coefficient (Wildman–Crippen LogP) is 4.69. The second-order valence-corrected chi connectivity index (χ2v) is 17.6. The highest BCUT2D eigenvalue weighted by molar-refractivity contribution is 8.21. The molecule has 2 heterocycles. The van der Waals surface area contributed by atoms with Crippen LogP contribution in [0.4, 0.5) is 0 Å². The van der Waals surface area contributed by atoms with E-state index >= 15 is 0 Å². The Morgan fingerprint density at radius 3 is 2.09 bits per heavy atom. The summed E-state index contributed by atoms with van der Waals surface area (Å²) >= 11 is 4.15. The zero-order valence-electron chi connectivity index (χ0n) is 19.1. The lowest BCUT2D eigenvalue weighted by Gasteiger charge is -2.45. The second-order valence-electron chi connectivity index (χ2n) is 10.2. The molecule has 170 valence electrons. The number of thioether (sulfide) groups is 2. The third-order valence-corrected chi connectivity index (χ3v) is 16.1. The Labute approximate surface area is 201 Å². The van der Waals surface area contributed by atoms with Crippen molar-refractivity contribution in [2.75, 3.05) is 18.1 Å². The highest BCUT2D eigenvalue weighted by Crippen LogP contribution is 2.62. The minimum Gasteiger partial charge on any atom is -0.462 e. The number of benzene rings is 2. The summed E-state index contributed by atoms with van der Waals surface area (Å²) < 4.78 is 13.2. The number of fused-ring (bicyclic) bond motifs is 1. The van der Waals surface area contributed by atoms with E-state index in [9.17, 15) is 4.79 Å². The van der Waals surface area contributed by atoms with Gasteiger partial charge in [-0.2, -0.15) is 0 Å². The van der Waals surface area contributed by atoms with Crippen LogP contribution in [0.2, 0.25) is 5.04 Å². The zero-order chi connectivity index (χ0) is 22.4. The highest BCUT2D eigenvalue weighted by Gasteiger charge is 2.61. The lowest BCUT2D eigenvalue weighted by atomic mass is 9.94. The Kier molecular flexibility index (Phi) is 6.02. The van der Waals surface area contributed by atoms with Gasteiger partial charge in [-0.25, -0.2) is 0 Å². The Morgan fingerprint density at radius 2 is 1.56 bits per heavy atom. The summed E-state index contributed by atoms with van der Waals surface area (Å²) in [6.45, 7) is 7.67. The molecule has 2 aromatic carbocycles. The largest absolute Gasteiger partial charge is 0.462 e. The van der Waals surface area contributed by atoms with E-state index in [1.807, 2.05) is 0 Å². The quantitative estimate of drug-likeness (QED) is 0.454. The number of ether oxygens (including phenoxy) is 1. The molecule has 6 heteroatoms. The summed E-state index contributed by atoms with van der Waals surface area (Å²) in [5.41, 5.74) is 0. The molecule has 3 atom stereocenters. The van der Waals surface area contributed by atoms with E-state index in [1.165, 1.54) is 21.9 Å². The first-order chi connectivity index (χ1) is 15.4. The fraction of sp³-hybridized carbons (Fsp3) is 0.500. The van der Waals surface area contributed by atoms with Gasteiger partial charge in [0.25, 0.3) is 8.32 Å². The van der Waals surface area contributed by atoms with E-state index in [2.05, 4.69) is 105 Å². The lowest BCUT2D eigenvalue weighted by Crippen LogP contribution is -2.67. The molecule has 2 aliphatic heterocycles. The van der Waals surface area contributed by atoms with Gasteiger partial charge in [0.05, 0.1) is 10.5 Å². The van der Waals surface area contributed by atoms with Gasteiger partial charge >= 0.3 is 5.97 Å². The van der Waals surface area contributed by atoms with Crippen molar-refractivity contribution < 1.29 is 14.0 Å². The molecule has 0 N–H and O–H groups in total. The summed E-state index contributed by atoms with van der Waals surface area (Å²) in [6, 6.07) is 21.7. The molecule has 5 rings (SSSR count). The Hall–Kier alpha value is -1.21. The van der Waals surface area contributed by atoms with E-state index in [1.54, 1.807) is 0 Å². The maximum Gasteiger partial charge on any atom is 0.306 e. The van der Waals surface area contributed by atoms with E-state index in [0.29, 0.717) is 18.9 Å². The average molecular weight is 485 g/mol. The van der Waals surface area contributed by atoms with Crippen molar-refractivity contribution in [1.29, 1.82) is 0 Å². The van der Waals surface area contributed by atoms with Gasteiger partial charge < -0.3 is 9.16 Å². The molecular formula is C26H32O3S2Si. The van der Waals surface area contributed by atoms with Crippen molar-refractivity contribution >= 4 is 48.2 Å². The number of carbonyl (C=O) groups is 1. The number of rotatable bonds is 5. The van der Waals surface area contributed by atoms with Crippen LogP contribution in [0, 0.1) is 11.8 Å². The first-order valence-corrected chi connectivity index (χ1v) is 15.5. The zero-order valence-corrected chi connectivity index (χ0v) is 21.7. The van der Waals surface area contributed by atoms with Gasteiger partial charge in [-0.05, 0) is 15.4 Å². The van der Waals surface area contributed by atoms with E-state index in [0.717, 1.165) is 6.42 Å². The molecule has 0 unspecified atom stereocenters. The van der Waals surface area contributed by atoms with Gasteiger partial charge in [0.1, 0.15) is 6.10 Å². The third kappa shape index (κ3) is 3.67. The molecule has 3 aliphatic rings. The van der Waals surface area contributed by atoms with Crippen LogP contribution in [-0.4, -0.2) is 42.6 Å². The van der Waals surface area contributed by atoms with Gasteiger partial charge in [0.2, 0.25) is 0 Å². The molecular weight excluding hydrogens is 453 g/mol. The molecule has 0 amide bonds. The SMILES string of the molecule is CC(C)(C)[Si](OC[C@@H]1[C@H]2CC(=O)O[C@H]2CC12SCCS2)(c1ccccc1)c1ccccc1. The summed E-state index contributed by atoms with van der Waals surface area (Å²) in [6.07, 6.45) is 1.57. The van der Waals surface area contributed by atoms with Crippen LogP contribution in [0.15, 0.2) is 60.7 Å². The van der Waals surface area contributed by atoms with Crippen molar-refractivity contribution in [1.82, 2.24) is 0 Å². The molecule has 2 aromatic rings. The fourth-order valence-corrected chi connectivity index (χ4v) is 14.3. The van der Waals surface area contributed by atoms with Gasteiger partial charge in [-0.1, -0.05) is 81.4 Å². The van der Waals surface area contributed by atoms with Gasteiger partial charge in [-0.3, -0.25) is 4.79 Å². The number of esters is 1. The topological polar surface area (TPSA) is 35.5 Å². The highest BCUT2D eigenvalue weighted by atomic mass is 32.2. The van der Waals surface area contributed by atoms with Crippen LogP contribution in [0.5, 0.6) is 0 Å². The molecule has 1 saturated carbocycles. The normalized spacial score (nSPS) is 27.0. The molecule has 1 aliphatic carbocycles. The smallest absolute Gasteiger partial charge is 0.306 e. The molecule has 1 spiro atoms. The molecule has 0 radical (unpaired) electrons. The Balaban J connectivity index is 1.55. The first-order valence-electron chi connectivity index (χ1n) is 11.6. The average Bonchev–Trinajstić information content (AvgIpc) is 3.45. The summed E-state index contributed by atoms with van der Waals surface area (Å²) in [5, 5.41) is 2.58. The first kappa shape index (κ1) is 22.6. The summed E-state index contributed by atoms with van der Waals surface area (Å²) in [7, 11) is -2.59. The molecule has 2 saturated heterocycles. The number of hydrogen-bond donors (Lipinski definition) is 0. The minimum atomic E-state index is -2.59. The molecule has 3 fully saturated rings. The van der Waals surface area contributed by atoms with Crippen LogP contribution in [0.25, 0.3) is 0 Å². The van der Waals surface area contributed by atoms with E-state index < -0.39 is 8.32 Å². The third-order valence-electron chi connectivity index (χ3n) is 7.40. The standard InChI is InChI=1S/C26H32O3S2Si/c1-25(2,3)32(19-10-6-4-7-11-19,20-12-8-5-9-13-20)28-18-22-21-16-24(27)29-23(21)17-26(22)30-14-15-31-26/h4-13,21-23H,14-18H2,1-3H3/t21-,22-,23+/m1/s1. The van der Waals surface area contributed by atoms with Crippen LogP contribution in [0.3, 0.4) is 0 Å². The summed E-state index contributed by atoms with van der Waals surface area (Å²) in [4.78, 5) is 12.1. The van der Waals surface area contributed by atoms with Gasteiger partial charge in [-0.15, -0.1) is 23.5 Å². The van der Waals surface area contributed by atoms with Crippen molar-refractivity contribution in [3.8, 4) is 0 Å². The van der Waals surface area contributed by atoms with Crippen molar-refractivity contribution in [3.63, 3.8) is 0 Å². The molecule has 0 bridgehead atoms. The van der Waals surface area contributed by atoms with Crippen LogP contribution in [-0.2, 0) is 14.0 Å². The summed E-state index contributed by atoms with van der Waals surface area (Å²) in [5.74, 6) is 2.93. The molecule has 0 aromatic heterocycles. The van der Waals surface area contributed by atoms with Crippen molar-refractivity contribution in [2.45, 2.75) is 48.8 Å². The lowest BCUT2D eigenvalue weighted by molar-refractivity contribution is -0.141. The molecule has 32 heavy (non-hydrogen) atoms. The van der Waals surface area contributed by atoms with Crippen LogP contribution >= 0.6 is 23.5 Å². The van der Waals surface area contributed by atoms with Crippen LogP contribution < -0.4 is 10.4 Å². The predicted molar refractivity (Wildman–Crippen MR) is 137 cm³/mol. The minimum absolute atomic E-state index is 0.0294. The fourth-order valence-electron chi connectivity index (χ4n) is 6.01. The van der Waals surface area contributed by atoms with Gasteiger partial charge in [0, 0.05) is 36.4 Å². The number of hydrogen-bond acceptors (Lipinski definition) is 5. The monoisotopic (exact) mass is 484 g/mol. The maximum absolute atomic E-state index is 12.1. The van der Waals surface area contributed by atoms with E-state index in [-0.39, 0.29) is 27.1 Å².